The van der Waals surface area contributed by atoms with Gasteiger partial charge < -0.3 is 14.9 Å². The number of fused-ring (bicyclic) bond motifs is 1. The molecular formula is C15H20O4. The Morgan fingerprint density at radius 1 is 1.42 bits per heavy atom. The standard InChI is InChI=1S/C15H20O4/c1-8(2)14(17)13-9-7-12(15(3,4)18)19-11(9)6-5-10(13)16/h5-6,8,12,16,18H,7H2,1-4H3. The molecule has 1 aliphatic heterocycles. The van der Waals surface area contributed by atoms with Gasteiger partial charge in [0.2, 0.25) is 0 Å². The van der Waals surface area contributed by atoms with E-state index in [1.165, 1.54) is 6.07 Å². The molecular weight excluding hydrogens is 244 g/mol. The van der Waals surface area contributed by atoms with Crippen molar-refractivity contribution in [2.45, 2.75) is 45.8 Å². The number of hydrogen-bond acceptors (Lipinski definition) is 4. The number of aromatic hydroxyl groups is 1. The van der Waals surface area contributed by atoms with E-state index in [0.717, 1.165) is 0 Å². The molecule has 0 aromatic heterocycles. The summed E-state index contributed by atoms with van der Waals surface area (Å²) in [6.07, 6.45) is 0.0316. The van der Waals surface area contributed by atoms with Crippen molar-refractivity contribution in [3.05, 3.63) is 23.3 Å². The van der Waals surface area contributed by atoms with Crippen LogP contribution in [0.5, 0.6) is 11.5 Å². The van der Waals surface area contributed by atoms with Crippen LogP contribution in [0.25, 0.3) is 0 Å². The normalized spacial score (nSPS) is 18.3. The second-order valence-corrected chi connectivity index (χ2v) is 5.92. The van der Waals surface area contributed by atoms with Crippen molar-refractivity contribution in [2.75, 3.05) is 0 Å². The molecule has 2 N–H and O–H groups in total. The summed E-state index contributed by atoms with van der Waals surface area (Å²) >= 11 is 0. The van der Waals surface area contributed by atoms with Gasteiger partial charge in [-0.15, -0.1) is 0 Å². The van der Waals surface area contributed by atoms with Crippen molar-refractivity contribution in [1.82, 2.24) is 0 Å². The van der Waals surface area contributed by atoms with Crippen molar-refractivity contribution in [1.29, 1.82) is 0 Å². The van der Waals surface area contributed by atoms with E-state index in [2.05, 4.69) is 0 Å². The number of carbonyl (C=O) groups excluding carboxylic acids is 1. The fourth-order valence-corrected chi connectivity index (χ4v) is 2.27. The van der Waals surface area contributed by atoms with E-state index in [0.29, 0.717) is 23.3 Å². The van der Waals surface area contributed by atoms with Gasteiger partial charge in [-0.1, -0.05) is 13.8 Å². The Labute approximate surface area is 113 Å². The number of rotatable bonds is 3. The predicted molar refractivity (Wildman–Crippen MR) is 71.7 cm³/mol. The molecule has 1 atom stereocenters. The average Bonchev–Trinajstić information content (AvgIpc) is 2.71. The topological polar surface area (TPSA) is 66.8 Å². The Bertz CT molecular complexity index is 512. The van der Waals surface area contributed by atoms with Crippen molar-refractivity contribution < 1.29 is 19.7 Å². The summed E-state index contributed by atoms with van der Waals surface area (Å²) in [5.74, 6) is 0.263. The summed E-state index contributed by atoms with van der Waals surface area (Å²) in [6, 6.07) is 3.12. The van der Waals surface area contributed by atoms with E-state index in [4.69, 9.17) is 4.74 Å². The molecule has 0 bridgehead atoms. The van der Waals surface area contributed by atoms with Crippen molar-refractivity contribution in [3.63, 3.8) is 0 Å². The van der Waals surface area contributed by atoms with Crippen LogP contribution in [0, 0.1) is 5.92 Å². The zero-order valence-electron chi connectivity index (χ0n) is 11.7. The lowest BCUT2D eigenvalue weighted by Gasteiger charge is -2.24. The van der Waals surface area contributed by atoms with Gasteiger partial charge in [-0.05, 0) is 26.0 Å². The zero-order chi connectivity index (χ0) is 14.4. The molecule has 0 saturated heterocycles. The average molecular weight is 264 g/mol. The number of phenols is 1. The quantitative estimate of drug-likeness (QED) is 0.822. The predicted octanol–water partition coefficient (Wildman–Crippen LogP) is 2.31. The first-order valence-electron chi connectivity index (χ1n) is 6.50. The largest absolute Gasteiger partial charge is 0.507 e. The molecule has 0 aliphatic carbocycles. The minimum atomic E-state index is -0.993. The second-order valence-electron chi connectivity index (χ2n) is 5.92. The molecule has 4 heteroatoms. The van der Waals surface area contributed by atoms with Crippen molar-refractivity contribution in [2.24, 2.45) is 5.92 Å². The smallest absolute Gasteiger partial charge is 0.169 e. The van der Waals surface area contributed by atoms with Gasteiger partial charge in [-0.3, -0.25) is 4.79 Å². The number of carbonyl (C=O) groups is 1. The van der Waals surface area contributed by atoms with Gasteiger partial charge >= 0.3 is 0 Å². The van der Waals surface area contributed by atoms with Gasteiger partial charge in [0.25, 0.3) is 0 Å². The molecule has 1 unspecified atom stereocenters. The molecule has 1 heterocycles. The summed E-state index contributed by atoms with van der Waals surface area (Å²) in [4.78, 5) is 12.2. The van der Waals surface area contributed by atoms with Crippen LogP contribution < -0.4 is 4.74 Å². The lowest BCUT2D eigenvalue weighted by Crippen LogP contribution is -2.39. The third-order valence-corrected chi connectivity index (χ3v) is 3.47. The molecule has 0 fully saturated rings. The molecule has 0 radical (unpaired) electrons. The second kappa shape index (κ2) is 4.53. The van der Waals surface area contributed by atoms with Gasteiger partial charge in [0, 0.05) is 17.9 Å². The summed E-state index contributed by atoms with van der Waals surface area (Å²) in [7, 11) is 0. The molecule has 0 amide bonds. The summed E-state index contributed by atoms with van der Waals surface area (Å²) in [5, 5.41) is 20.0. The molecule has 2 rings (SSSR count). The van der Waals surface area contributed by atoms with Crippen molar-refractivity contribution in [3.8, 4) is 11.5 Å². The number of aliphatic hydroxyl groups is 1. The van der Waals surface area contributed by atoms with Crippen LogP contribution in [0.3, 0.4) is 0 Å². The first-order chi connectivity index (χ1) is 8.71. The Balaban J connectivity index is 2.46. The molecule has 19 heavy (non-hydrogen) atoms. The van der Waals surface area contributed by atoms with Gasteiger partial charge in [0.1, 0.15) is 17.6 Å². The highest BCUT2D eigenvalue weighted by Crippen LogP contribution is 2.39. The van der Waals surface area contributed by atoms with Gasteiger partial charge in [-0.25, -0.2) is 0 Å². The number of ether oxygens (including phenoxy) is 1. The van der Waals surface area contributed by atoms with E-state index in [9.17, 15) is 15.0 Å². The maximum absolute atomic E-state index is 12.2. The number of hydrogen-bond donors (Lipinski definition) is 2. The highest BCUT2D eigenvalue weighted by Gasteiger charge is 2.37. The maximum Gasteiger partial charge on any atom is 0.169 e. The third-order valence-electron chi connectivity index (χ3n) is 3.47. The first kappa shape index (κ1) is 13.9. The maximum atomic E-state index is 12.2. The van der Waals surface area contributed by atoms with Gasteiger partial charge in [0.15, 0.2) is 5.78 Å². The van der Waals surface area contributed by atoms with Crippen LogP contribution in [0.15, 0.2) is 12.1 Å². The van der Waals surface area contributed by atoms with Gasteiger partial charge in [0.05, 0.1) is 11.2 Å². The number of phenolic OH excluding ortho intramolecular Hbond substituents is 1. The van der Waals surface area contributed by atoms with E-state index < -0.39 is 11.7 Å². The Hall–Kier alpha value is -1.55. The summed E-state index contributed by atoms with van der Waals surface area (Å²) in [6.45, 7) is 6.94. The minimum Gasteiger partial charge on any atom is -0.507 e. The molecule has 1 aromatic rings. The first-order valence-corrected chi connectivity index (χ1v) is 6.50. The lowest BCUT2D eigenvalue weighted by molar-refractivity contribution is -0.0229. The molecule has 0 saturated carbocycles. The SMILES string of the molecule is CC(C)C(=O)c1c(O)ccc2c1CC(C(C)(C)O)O2. The van der Waals surface area contributed by atoms with E-state index >= 15 is 0 Å². The van der Waals surface area contributed by atoms with E-state index in [1.54, 1.807) is 33.8 Å². The van der Waals surface area contributed by atoms with E-state index in [-0.39, 0.29) is 17.5 Å². The fraction of sp³-hybridized carbons (Fsp3) is 0.533. The monoisotopic (exact) mass is 264 g/mol. The van der Waals surface area contributed by atoms with Crippen LogP contribution >= 0.6 is 0 Å². The minimum absolute atomic E-state index is 0.0163. The molecule has 104 valence electrons. The number of Topliss-reactive ketones (excluding diaryl/α,β-unsaturated/α-hetero) is 1. The molecule has 0 spiro atoms. The third kappa shape index (κ3) is 2.45. The van der Waals surface area contributed by atoms with Crippen molar-refractivity contribution >= 4 is 5.78 Å². The molecule has 1 aliphatic rings. The van der Waals surface area contributed by atoms with Crippen LogP contribution in [0.2, 0.25) is 0 Å². The van der Waals surface area contributed by atoms with Crippen LogP contribution in [-0.2, 0) is 6.42 Å². The zero-order valence-corrected chi connectivity index (χ0v) is 11.7. The van der Waals surface area contributed by atoms with Crippen LogP contribution in [0.4, 0.5) is 0 Å². The molecule has 4 nitrogen and oxygen atoms in total. The Morgan fingerprint density at radius 3 is 2.58 bits per heavy atom. The highest BCUT2D eigenvalue weighted by atomic mass is 16.5. The Kier molecular flexibility index (Phi) is 3.31. The van der Waals surface area contributed by atoms with Crippen LogP contribution in [0.1, 0.15) is 43.6 Å². The van der Waals surface area contributed by atoms with E-state index in [1.807, 2.05) is 0 Å². The van der Waals surface area contributed by atoms with Gasteiger partial charge in [-0.2, -0.15) is 0 Å². The number of ketones is 1. The molecule has 1 aromatic carbocycles. The Morgan fingerprint density at radius 2 is 2.05 bits per heavy atom. The fourth-order valence-electron chi connectivity index (χ4n) is 2.27. The highest BCUT2D eigenvalue weighted by molar-refractivity contribution is 6.02. The van der Waals surface area contributed by atoms with Crippen LogP contribution in [-0.4, -0.2) is 27.7 Å². The number of benzene rings is 1. The summed E-state index contributed by atoms with van der Waals surface area (Å²) < 4.78 is 5.68. The lowest BCUT2D eigenvalue weighted by atomic mass is 9.90. The summed E-state index contributed by atoms with van der Waals surface area (Å²) in [5.41, 5.74) is 0.0392.